The Balaban J connectivity index is 1.18. The van der Waals surface area contributed by atoms with Crippen LogP contribution in [0, 0.1) is 0 Å². The van der Waals surface area contributed by atoms with Crippen LogP contribution in [0.1, 0.15) is 30.3 Å². The van der Waals surface area contributed by atoms with Crippen molar-refractivity contribution < 1.29 is 14.3 Å². The Kier molecular flexibility index (Phi) is 5.28. The van der Waals surface area contributed by atoms with Crippen molar-refractivity contribution in [2.45, 2.75) is 44.9 Å². The van der Waals surface area contributed by atoms with Gasteiger partial charge in [-0.2, -0.15) is 0 Å². The molecule has 7 heteroatoms. The SMILES string of the molecule is CC(=O)N1CCc2nc(-c3ccc(O[C@H]4C[C@H](N5CCOCC5)C4)cc3)sc2C1. The van der Waals surface area contributed by atoms with E-state index in [2.05, 4.69) is 29.2 Å². The molecule has 3 aliphatic rings. The molecule has 1 aliphatic carbocycles. The summed E-state index contributed by atoms with van der Waals surface area (Å²) in [4.78, 5) is 22.1. The highest BCUT2D eigenvalue weighted by atomic mass is 32.1. The number of thiazole rings is 1. The molecule has 3 heterocycles. The number of morpholine rings is 1. The highest BCUT2D eigenvalue weighted by molar-refractivity contribution is 7.15. The maximum atomic E-state index is 11.6. The smallest absolute Gasteiger partial charge is 0.219 e. The lowest BCUT2D eigenvalue weighted by Gasteiger charge is -2.44. The predicted octanol–water partition coefficient (Wildman–Crippen LogP) is 2.96. The van der Waals surface area contributed by atoms with Gasteiger partial charge in [-0.25, -0.2) is 4.98 Å². The fourth-order valence-electron chi connectivity index (χ4n) is 4.33. The number of benzene rings is 1. The van der Waals surface area contributed by atoms with Crippen molar-refractivity contribution >= 4 is 17.2 Å². The molecule has 1 saturated heterocycles. The highest BCUT2D eigenvalue weighted by Crippen LogP contribution is 2.34. The monoisotopic (exact) mass is 413 g/mol. The fraction of sp³-hybridized carbons (Fsp3) is 0.545. The van der Waals surface area contributed by atoms with Gasteiger partial charge in [0.1, 0.15) is 16.9 Å². The summed E-state index contributed by atoms with van der Waals surface area (Å²) in [6, 6.07) is 8.96. The molecule has 2 aromatic rings. The van der Waals surface area contributed by atoms with Crippen LogP contribution in [-0.4, -0.2) is 65.7 Å². The van der Waals surface area contributed by atoms with Gasteiger partial charge >= 0.3 is 0 Å². The third kappa shape index (κ3) is 4.04. The first-order valence-corrected chi connectivity index (χ1v) is 11.3. The summed E-state index contributed by atoms with van der Waals surface area (Å²) in [6.45, 7) is 6.91. The van der Waals surface area contributed by atoms with Gasteiger partial charge in [0, 0.05) is 62.3 Å². The molecule has 5 rings (SSSR count). The Morgan fingerprint density at radius 2 is 1.93 bits per heavy atom. The molecule has 1 amide bonds. The minimum absolute atomic E-state index is 0.138. The van der Waals surface area contributed by atoms with E-state index < -0.39 is 0 Å². The molecule has 0 bridgehead atoms. The van der Waals surface area contributed by atoms with Crippen LogP contribution in [-0.2, 0) is 22.5 Å². The number of aromatic nitrogens is 1. The number of carbonyl (C=O) groups is 1. The molecule has 1 saturated carbocycles. The molecule has 0 radical (unpaired) electrons. The number of carbonyl (C=O) groups excluding carboxylic acids is 1. The first-order chi connectivity index (χ1) is 14.2. The molecule has 1 aromatic heterocycles. The topological polar surface area (TPSA) is 54.9 Å². The summed E-state index contributed by atoms with van der Waals surface area (Å²) in [5.41, 5.74) is 2.26. The Morgan fingerprint density at radius 1 is 1.17 bits per heavy atom. The summed E-state index contributed by atoms with van der Waals surface area (Å²) in [6.07, 6.45) is 3.37. The van der Waals surface area contributed by atoms with E-state index in [1.54, 1.807) is 18.3 Å². The quantitative estimate of drug-likeness (QED) is 0.771. The lowest BCUT2D eigenvalue weighted by atomic mass is 9.87. The molecule has 154 valence electrons. The third-order valence-corrected chi connectivity index (χ3v) is 7.34. The lowest BCUT2D eigenvalue weighted by molar-refractivity contribution is -0.129. The van der Waals surface area contributed by atoms with Crippen LogP contribution in [0.25, 0.3) is 10.6 Å². The van der Waals surface area contributed by atoms with Crippen molar-refractivity contribution in [1.29, 1.82) is 0 Å². The van der Waals surface area contributed by atoms with Crippen LogP contribution in [0.2, 0.25) is 0 Å². The zero-order valence-corrected chi connectivity index (χ0v) is 17.6. The van der Waals surface area contributed by atoms with Gasteiger partial charge in [0.25, 0.3) is 0 Å². The number of nitrogens with zero attached hydrogens (tertiary/aromatic N) is 3. The molecule has 0 N–H and O–H groups in total. The summed E-state index contributed by atoms with van der Waals surface area (Å²) < 4.78 is 11.6. The van der Waals surface area contributed by atoms with E-state index in [1.165, 1.54) is 4.88 Å². The van der Waals surface area contributed by atoms with E-state index in [0.717, 1.165) is 74.1 Å². The standard InChI is InChI=1S/C22H27N3O3S/c1-15(26)25-7-6-20-21(14-25)29-22(23-20)16-2-4-18(5-3-16)28-19-12-17(13-19)24-8-10-27-11-9-24/h2-5,17,19H,6-14H2,1H3/t17-,19-. The average Bonchev–Trinajstić information content (AvgIpc) is 3.15. The molecule has 1 aromatic carbocycles. The Hall–Kier alpha value is -1.96. The van der Waals surface area contributed by atoms with Crippen LogP contribution in [0.4, 0.5) is 0 Å². The van der Waals surface area contributed by atoms with Crippen LogP contribution < -0.4 is 4.74 Å². The van der Waals surface area contributed by atoms with Gasteiger partial charge in [-0.3, -0.25) is 9.69 Å². The Labute approximate surface area is 175 Å². The zero-order chi connectivity index (χ0) is 19.8. The van der Waals surface area contributed by atoms with Crippen LogP contribution in [0.3, 0.4) is 0 Å². The van der Waals surface area contributed by atoms with Gasteiger partial charge in [-0.15, -0.1) is 11.3 Å². The van der Waals surface area contributed by atoms with Gasteiger partial charge in [-0.05, 0) is 24.3 Å². The number of rotatable bonds is 4. The number of hydrogen-bond acceptors (Lipinski definition) is 6. The average molecular weight is 414 g/mol. The number of hydrogen-bond donors (Lipinski definition) is 0. The van der Waals surface area contributed by atoms with Crippen molar-refractivity contribution in [2.75, 3.05) is 32.8 Å². The molecule has 2 fully saturated rings. The van der Waals surface area contributed by atoms with E-state index in [1.807, 2.05) is 4.90 Å². The van der Waals surface area contributed by atoms with Crippen LogP contribution in [0.5, 0.6) is 5.75 Å². The summed E-state index contributed by atoms with van der Waals surface area (Å²) >= 11 is 1.70. The minimum Gasteiger partial charge on any atom is -0.490 e. The van der Waals surface area contributed by atoms with E-state index >= 15 is 0 Å². The second kappa shape index (κ2) is 8.05. The van der Waals surface area contributed by atoms with Gasteiger partial charge in [0.05, 0.1) is 25.5 Å². The first-order valence-electron chi connectivity index (χ1n) is 10.5. The van der Waals surface area contributed by atoms with Gasteiger partial charge in [0.2, 0.25) is 5.91 Å². The molecule has 2 aliphatic heterocycles. The lowest BCUT2D eigenvalue weighted by Crippen LogP contribution is -2.52. The largest absolute Gasteiger partial charge is 0.490 e. The summed E-state index contributed by atoms with van der Waals surface area (Å²) in [5, 5.41) is 1.03. The maximum Gasteiger partial charge on any atom is 0.219 e. The second-order valence-corrected chi connectivity index (χ2v) is 9.20. The molecular formula is C22H27N3O3S. The molecule has 29 heavy (non-hydrogen) atoms. The second-order valence-electron chi connectivity index (χ2n) is 8.12. The van der Waals surface area contributed by atoms with Crippen molar-refractivity contribution in [3.63, 3.8) is 0 Å². The summed E-state index contributed by atoms with van der Waals surface area (Å²) in [7, 11) is 0. The molecule has 6 nitrogen and oxygen atoms in total. The van der Waals surface area contributed by atoms with Crippen molar-refractivity contribution in [2.24, 2.45) is 0 Å². The van der Waals surface area contributed by atoms with Gasteiger partial charge < -0.3 is 14.4 Å². The third-order valence-electron chi connectivity index (χ3n) is 6.21. The Bertz CT molecular complexity index is 870. The predicted molar refractivity (Wildman–Crippen MR) is 112 cm³/mol. The maximum absolute atomic E-state index is 11.6. The number of ether oxygens (including phenoxy) is 2. The van der Waals surface area contributed by atoms with E-state index in [-0.39, 0.29) is 5.91 Å². The number of fused-ring (bicyclic) bond motifs is 1. The van der Waals surface area contributed by atoms with Gasteiger partial charge in [0.15, 0.2) is 0 Å². The first kappa shape index (κ1) is 19.0. The zero-order valence-electron chi connectivity index (χ0n) is 16.8. The highest BCUT2D eigenvalue weighted by Gasteiger charge is 2.35. The van der Waals surface area contributed by atoms with Crippen molar-refractivity contribution in [3.05, 3.63) is 34.8 Å². The van der Waals surface area contributed by atoms with E-state index in [9.17, 15) is 4.79 Å². The van der Waals surface area contributed by atoms with Crippen molar-refractivity contribution in [1.82, 2.24) is 14.8 Å². The van der Waals surface area contributed by atoms with Gasteiger partial charge in [-0.1, -0.05) is 0 Å². The molecule has 0 atom stereocenters. The number of amides is 1. The normalized spacial score (nSPS) is 24.7. The van der Waals surface area contributed by atoms with E-state index in [0.29, 0.717) is 18.7 Å². The van der Waals surface area contributed by atoms with Crippen molar-refractivity contribution in [3.8, 4) is 16.3 Å². The fourth-order valence-corrected chi connectivity index (χ4v) is 5.46. The molecule has 0 unspecified atom stereocenters. The Morgan fingerprint density at radius 3 is 2.66 bits per heavy atom. The van der Waals surface area contributed by atoms with E-state index in [4.69, 9.17) is 14.5 Å². The van der Waals surface area contributed by atoms with Crippen LogP contribution in [0.15, 0.2) is 24.3 Å². The molecule has 0 spiro atoms. The minimum atomic E-state index is 0.138. The molecular weight excluding hydrogens is 386 g/mol. The summed E-state index contributed by atoms with van der Waals surface area (Å²) in [5.74, 6) is 1.07. The van der Waals surface area contributed by atoms with Crippen LogP contribution >= 0.6 is 11.3 Å².